The van der Waals surface area contributed by atoms with Gasteiger partial charge in [0.15, 0.2) is 0 Å². The van der Waals surface area contributed by atoms with Crippen molar-refractivity contribution in [1.82, 2.24) is 9.80 Å². The molecule has 0 aliphatic carbocycles. The number of carbonyl (C=O) groups excluding carboxylic acids is 1. The molecule has 1 fully saturated rings. The molecule has 2 aromatic rings. The minimum atomic E-state index is -0.440. The van der Waals surface area contributed by atoms with Crippen LogP contribution >= 0.6 is 0 Å². The van der Waals surface area contributed by atoms with Crippen LogP contribution in [0.3, 0.4) is 0 Å². The molecule has 1 aliphatic heterocycles. The van der Waals surface area contributed by atoms with Gasteiger partial charge in [0.1, 0.15) is 0 Å². The first-order valence-electron chi connectivity index (χ1n) is 8.27. The number of likely N-dealkylation sites (N-methyl/N-ethyl adjacent to an activating group) is 1. The Balaban J connectivity index is 1.94. The van der Waals surface area contributed by atoms with Crippen molar-refractivity contribution in [3.8, 4) is 0 Å². The Hall–Kier alpha value is -2.73. The van der Waals surface area contributed by atoms with Crippen LogP contribution in [-0.4, -0.2) is 47.3 Å². The summed E-state index contributed by atoms with van der Waals surface area (Å²) >= 11 is 0. The third kappa shape index (κ3) is 3.53. The smallest absolute Gasteiger partial charge is 0.273 e. The predicted octanol–water partition coefficient (Wildman–Crippen LogP) is 3.03. The van der Waals surface area contributed by atoms with Crippen LogP contribution in [0.5, 0.6) is 0 Å². The number of piperazine rings is 1. The molecule has 0 aromatic heterocycles. The van der Waals surface area contributed by atoms with Crippen molar-refractivity contribution in [2.75, 3.05) is 26.7 Å². The maximum absolute atomic E-state index is 13.1. The molecular formula is C19H21N3O3. The van der Waals surface area contributed by atoms with Crippen molar-refractivity contribution in [2.24, 2.45) is 0 Å². The van der Waals surface area contributed by atoms with Crippen molar-refractivity contribution >= 4 is 11.6 Å². The van der Waals surface area contributed by atoms with E-state index in [1.807, 2.05) is 42.3 Å². The number of aryl methyl sites for hydroxylation is 1. The largest absolute Gasteiger partial charge is 0.329 e. The minimum Gasteiger partial charge on any atom is -0.329 e. The molecule has 1 heterocycles. The Morgan fingerprint density at radius 1 is 1.16 bits per heavy atom. The van der Waals surface area contributed by atoms with Gasteiger partial charge in [0.2, 0.25) is 0 Å². The Bertz CT molecular complexity index is 792. The van der Waals surface area contributed by atoms with Crippen molar-refractivity contribution in [2.45, 2.75) is 13.0 Å². The summed E-state index contributed by atoms with van der Waals surface area (Å²) in [7, 11) is 2.04. The molecule has 1 saturated heterocycles. The number of nitro groups is 1. The highest BCUT2D eigenvalue weighted by atomic mass is 16.6. The fourth-order valence-electron chi connectivity index (χ4n) is 3.23. The molecule has 6 heteroatoms. The summed E-state index contributed by atoms with van der Waals surface area (Å²) in [6, 6.07) is 14.5. The zero-order valence-electron chi connectivity index (χ0n) is 14.4. The highest BCUT2D eigenvalue weighted by molar-refractivity contribution is 5.95. The third-order valence-electron chi connectivity index (χ3n) is 4.68. The molecule has 0 spiro atoms. The van der Waals surface area contributed by atoms with E-state index in [1.54, 1.807) is 19.1 Å². The summed E-state index contributed by atoms with van der Waals surface area (Å²) in [5, 5.41) is 11.2. The summed E-state index contributed by atoms with van der Waals surface area (Å²) in [5.74, 6) is -0.162. The molecule has 0 bridgehead atoms. The van der Waals surface area contributed by atoms with Crippen LogP contribution in [0, 0.1) is 17.0 Å². The van der Waals surface area contributed by atoms with E-state index < -0.39 is 4.92 Å². The summed E-state index contributed by atoms with van der Waals surface area (Å²) in [4.78, 5) is 27.8. The molecule has 25 heavy (non-hydrogen) atoms. The second-order valence-electron chi connectivity index (χ2n) is 6.45. The molecule has 1 aliphatic rings. The maximum Gasteiger partial charge on any atom is 0.273 e. The van der Waals surface area contributed by atoms with E-state index in [0.717, 1.165) is 18.7 Å². The first-order chi connectivity index (χ1) is 12.0. The normalized spacial score (nSPS) is 18.2. The highest BCUT2D eigenvalue weighted by Crippen LogP contribution is 2.28. The van der Waals surface area contributed by atoms with Gasteiger partial charge in [-0.15, -0.1) is 0 Å². The van der Waals surface area contributed by atoms with E-state index in [4.69, 9.17) is 0 Å². The second kappa shape index (κ2) is 7.03. The maximum atomic E-state index is 13.1. The fourth-order valence-corrected chi connectivity index (χ4v) is 3.23. The van der Waals surface area contributed by atoms with Crippen LogP contribution in [0.25, 0.3) is 0 Å². The predicted molar refractivity (Wildman–Crippen MR) is 95.5 cm³/mol. The number of benzene rings is 2. The molecular weight excluding hydrogens is 318 g/mol. The first-order valence-corrected chi connectivity index (χ1v) is 8.27. The standard InChI is InChI=1S/C19H21N3O3/c1-14-8-9-16(12-17(14)22(24)25)19(23)21-11-10-20(2)13-18(21)15-6-4-3-5-7-15/h3-9,12,18H,10-11,13H2,1-2H3/t18-/m1/s1. The van der Waals surface area contributed by atoms with Crippen molar-refractivity contribution < 1.29 is 9.72 Å². The van der Waals surface area contributed by atoms with Crippen LogP contribution in [-0.2, 0) is 0 Å². The number of carbonyl (C=O) groups is 1. The number of hydrogen-bond acceptors (Lipinski definition) is 4. The number of nitrogens with zero attached hydrogens (tertiary/aromatic N) is 3. The summed E-state index contributed by atoms with van der Waals surface area (Å²) < 4.78 is 0. The monoisotopic (exact) mass is 339 g/mol. The summed E-state index contributed by atoms with van der Waals surface area (Å²) in [5.41, 5.74) is 1.97. The van der Waals surface area contributed by atoms with Gasteiger partial charge in [-0.1, -0.05) is 36.4 Å². The molecule has 1 atom stereocenters. The molecule has 130 valence electrons. The fraction of sp³-hybridized carbons (Fsp3) is 0.316. The number of nitro benzene ring substituents is 1. The van der Waals surface area contributed by atoms with Gasteiger partial charge in [-0.3, -0.25) is 14.9 Å². The van der Waals surface area contributed by atoms with Gasteiger partial charge in [-0.05, 0) is 25.6 Å². The zero-order valence-corrected chi connectivity index (χ0v) is 14.4. The Morgan fingerprint density at radius 3 is 2.56 bits per heavy atom. The molecule has 0 N–H and O–H groups in total. The Kier molecular flexibility index (Phi) is 4.81. The number of hydrogen-bond donors (Lipinski definition) is 0. The van der Waals surface area contributed by atoms with Crippen LogP contribution in [0.4, 0.5) is 5.69 Å². The van der Waals surface area contributed by atoms with Gasteiger partial charge >= 0.3 is 0 Å². The van der Waals surface area contributed by atoms with Gasteiger partial charge in [0.05, 0.1) is 11.0 Å². The highest BCUT2D eigenvalue weighted by Gasteiger charge is 2.31. The molecule has 0 unspecified atom stereocenters. The van der Waals surface area contributed by atoms with E-state index in [2.05, 4.69) is 4.90 Å². The van der Waals surface area contributed by atoms with Gasteiger partial charge in [-0.25, -0.2) is 0 Å². The Labute approximate surface area is 146 Å². The quantitative estimate of drug-likeness (QED) is 0.637. The number of amides is 1. The Morgan fingerprint density at radius 2 is 1.88 bits per heavy atom. The van der Waals surface area contributed by atoms with E-state index in [0.29, 0.717) is 17.7 Å². The lowest BCUT2D eigenvalue weighted by atomic mass is 10.0. The van der Waals surface area contributed by atoms with Crippen LogP contribution in [0.2, 0.25) is 0 Å². The summed E-state index contributed by atoms with van der Waals surface area (Å²) in [6.07, 6.45) is 0. The van der Waals surface area contributed by atoms with Crippen molar-refractivity contribution in [1.29, 1.82) is 0 Å². The van der Waals surface area contributed by atoms with Gasteiger partial charge < -0.3 is 9.80 Å². The van der Waals surface area contributed by atoms with Crippen LogP contribution in [0.15, 0.2) is 48.5 Å². The zero-order chi connectivity index (χ0) is 18.0. The lowest BCUT2D eigenvalue weighted by Crippen LogP contribution is -2.49. The lowest BCUT2D eigenvalue weighted by molar-refractivity contribution is -0.385. The van der Waals surface area contributed by atoms with Gasteiger partial charge in [0, 0.05) is 36.8 Å². The lowest BCUT2D eigenvalue weighted by Gasteiger charge is -2.40. The topological polar surface area (TPSA) is 66.7 Å². The van der Waals surface area contributed by atoms with E-state index >= 15 is 0 Å². The van der Waals surface area contributed by atoms with Gasteiger partial charge in [-0.2, -0.15) is 0 Å². The van der Waals surface area contributed by atoms with Crippen molar-refractivity contribution in [3.63, 3.8) is 0 Å². The molecule has 3 rings (SSSR count). The van der Waals surface area contributed by atoms with E-state index in [1.165, 1.54) is 6.07 Å². The average molecular weight is 339 g/mol. The second-order valence-corrected chi connectivity index (χ2v) is 6.45. The minimum absolute atomic E-state index is 0.0174. The molecule has 6 nitrogen and oxygen atoms in total. The van der Waals surface area contributed by atoms with Crippen LogP contribution in [0.1, 0.15) is 27.5 Å². The summed E-state index contributed by atoms with van der Waals surface area (Å²) in [6.45, 7) is 3.79. The molecule has 1 amide bonds. The molecule has 2 aromatic carbocycles. The first kappa shape index (κ1) is 17.1. The molecule has 0 saturated carbocycles. The van der Waals surface area contributed by atoms with Crippen molar-refractivity contribution in [3.05, 3.63) is 75.3 Å². The average Bonchev–Trinajstić information content (AvgIpc) is 2.62. The van der Waals surface area contributed by atoms with Gasteiger partial charge in [0.25, 0.3) is 11.6 Å². The third-order valence-corrected chi connectivity index (χ3v) is 4.68. The van der Waals surface area contributed by atoms with E-state index in [9.17, 15) is 14.9 Å². The SMILES string of the molecule is Cc1ccc(C(=O)N2CCN(C)C[C@@H]2c2ccccc2)cc1[N+](=O)[O-]. The van der Waals surface area contributed by atoms with Crippen LogP contribution < -0.4 is 0 Å². The molecule has 0 radical (unpaired) electrons. The number of rotatable bonds is 3. The van der Waals surface area contributed by atoms with E-state index in [-0.39, 0.29) is 17.6 Å².